The predicted octanol–water partition coefficient (Wildman–Crippen LogP) is 3.54. The third kappa shape index (κ3) is 2.64. The van der Waals surface area contributed by atoms with E-state index in [1.165, 1.54) is 0 Å². The lowest BCUT2D eigenvalue weighted by molar-refractivity contribution is 0.405. The van der Waals surface area contributed by atoms with Crippen molar-refractivity contribution < 1.29 is 9.47 Å². The van der Waals surface area contributed by atoms with Crippen LogP contribution in [0.4, 0.5) is 0 Å². The van der Waals surface area contributed by atoms with E-state index in [0.29, 0.717) is 22.4 Å². The molecule has 0 unspecified atom stereocenters. The molecule has 0 aliphatic heterocycles. The second-order valence-corrected chi connectivity index (χ2v) is 3.53. The zero-order valence-electron chi connectivity index (χ0n) is 8.68. The van der Waals surface area contributed by atoms with E-state index in [9.17, 15) is 0 Å². The molecule has 1 aromatic carbocycles. The smallest absolute Gasteiger partial charge is 0.222 e. The molecular formula is C12H10ClNO2. The number of nitrogens with zero attached hydrogens (tertiary/aromatic N) is 1. The Morgan fingerprint density at radius 1 is 1.06 bits per heavy atom. The molecule has 2 rings (SSSR count). The monoisotopic (exact) mass is 235 g/mol. The second kappa shape index (κ2) is 4.86. The van der Waals surface area contributed by atoms with Crippen LogP contribution >= 0.6 is 11.6 Å². The van der Waals surface area contributed by atoms with Gasteiger partial charge < -0.3 is 9.47 Å². The van der Waals surface area contributed by atoms with E-state index in [4.69, 9.17) is 21.1 Å². The molecule has 0 atom stereocenters. The first-order chi connectivity index (χ1) is 7.78. The molecule has 0 saturated heterocycles. The van der Waals surface area contributed by atoms with Crippen LogP contribution < -0.4 is 9.47 Å². The number of aromatic nitrogens is 1. The summed E-state index contributed by atoms with van der Waals surface area (Å²) in [5.41, 5.74) is 0. The van der Waals surface area contributed by atoms with Gasteiger partial charge in [-0.05, 0) is 30.3 Å². The molecule has 0 fully saturated rings. The summed E-state index contributed by atoms with van der Waals surface area (Å²) in [4.78, 5) is 4.07. The first kappa shape index (κ1) is 10.8. The van der Waals surface area contributed by atoms with Gasteiger partial charge in [0.05, 0.1) is 7.11 Å². The van der Waals surface area contributed by atoms with Crippen LogP contribution in [0.5, 0.6) is 17.4 Å². The van der Waals surface area contributed by atoms with Crippen LogP contribution in [0, 0.1) is 0 Å². The lowest BCUT2D eigenvalue weighted by atomic mass is 10.3. The summed E-state index contributed by atoms with van der Waals surface area (Å²) in [7, 11) is 1.60. The zero-order chi connectivity index (χ0) is 11.4. The van der Waals surface area contributed by atoms with Crippen LogP contribution in [0.1, 0.15) is 0 Å². The van der Waals surface area contributed by atoms with Gasteiger partial charge in [-0.2, -0.15) is 0 Å². The number of halogens is 1. The molecule has 0 saturated carbocycles. The Morgan fingerprint density at radius 2 is 1.81 bits per heavy atom. The van der Waals surface area contributed by atoms with E-state index < -0.39 is 0 Å². The average molecular weight is 236 g/mol. The summed E-state index contributed by atoms with van der Waals surface area (Å²) in [5, 5.41) is 0.672. The Balaban J connectivity index is 2.16. The number of hydrogen-bond acceptors (Lipinski definition) is 3. The number of hydrogen-bond donors (Lipinski definition) is 0. The van der Waals surface area contributed by atoms with Crippen molar-refractivity contribution in [2.75, 3.05) is 7.11 Å². The minimum Gasteiger partial charge on any atom is -0.497 e. The summed E-state index contributed by atoms with van der Waals surface area (Å²) >= 11 is 5.77. The highest BCUT2D eigenvalue weighted by Gasteiger charge is 2.00. The maximum Gasteiger partial charge on any atom is 0.222 e. The minimum absolute atomic E-state index is 0.488. The Morgan fingerprint density at radius 3 is 2.50 bits per heavy atom. The van der Waals surface area contributed by atoms with Crippen LogP contribution in [-0.4, -0.2) is 12.1 Å². The molecule has 0 aliphatic rings. The zero-order valence-corrected chi connectivity index (χ0v) is 9.44. The molecule has 82 valence electrons. The average Bonchev–Trinajstić information content (AvgIpc) is 2.32. The van der Waals surface area contributed by atoms with Gasteiger partial charge in [-0.15, -0.1) is 0 Å². The van der Waals surface area contributed by atoms with Crippen LogP contribution in [0.3, 0.4) is 0 Å². The van der Waals surface area contributed by atoms with Crippen LogP contribution in [0.2, 0.25) is 5.02 Å². The van der Waals surface area contributed by atoms with Crippen LogP contribution in [0.25, 0.3) is 0 Å². The van der Waals surface area contributed by atoms with Crippen LogP contribution in [0.15, 0.2) is 42.6 Å². The Labute approximate surface area is 98.6 Å². The number of benzene rings is 1. The van der Waals surface area contributed by atoms with Crippen molar-refractivity contribution in [2.24, 2.45) is 0 Å². The van der Waals surface area contributed by atoms with E-state index in [1.54, 1.807) is 49.7 Å². The highest BCUT2D eigenvalue weighted by atomic mass is 35.5. The molecule has 0 bridgehead atoms. The van der Waals surface area contributed by atoms with Crippen molar-refractivity contribution in [3.05, 3.63) is 47.6 Å². The second-order valence-electron chi connectivity index (χ2n) is 3.09. The molecule has 0 spiro atoms. The highest BCUT2D eigenvalue weighted by Crippen LogP contribution is 2.23. The molecular weight excluding hydrogens is 226 g/mol. The van der Waals surface area contributed by atoms with E-state index in [2.05, 4.69) is 4.98 Å². The Bertz CT molecular complexity index is 471. The quantitative estimate of drug-likeness (QED) is 0.816. The number of ether oxygens (including phenoxy) is 2. The normalized spacial score (nSPS) is 9.88. The lowest BCUT2D eigenvalue weighted by Crippen LogP contribution is -1.89. The van der Waals surface area contributed by atoms with Gasteiger partial charge in [-0.1, -0.05) is 11.6 Å². The molecule has 0 amide bonds. The molecule has 3 nitrogen and oxygen atoms in total. The number of rotatable bonds is 3. The van der Waals surface area contributed by atoms with Crippen molar-refractivity contribution in [3.8, 4) is 17.4 Å². The van der Waals surface area contributed by atoms with Gasteiger partial charge in [0, 0.05) is 17.3 Å². The summed E-state index contributed by atoms with van der Waals surface area (Å²) in [6.45, 7) is 0. The van der Waals surface area contributed by atoms with Crippen molar-refractivity contribution in [2.45, 2.75) is 0 Å². The fraction of sp³-hybridized carbons (Fsp3) is 0.0833. The summed E-state index contributed by atoms with van der Waals surface area (Å²) in [6, 6.07) is 10.6. The van der Waals surface area contributed by atoms with Gasteiger partial charge in [0.2, 0.25) is 5.88 Å². The first-order valence-electron chi connectivity index (χ1n) is 4.71. The van der Waals surface area contributed by atoms with E-state index in [-0.39, 0.29) is 0 Å². The Hall–Kier alpha value is -1.74. The number of pyridine rings is 1. The minimum atomic E-state index is 0.488. The molecule has 1 aromatic heterocycles. The molecule has 1 heterocycles. The standard InChI is InChI=1S/C12H10ClNO2/c1-15-11-6-7-14-12(8-11)16-10-4-2-9(13)3-5-10/h2-8H,1H3. The molecule has 0 radical (unpaired) electrons. The van der Waals surface area contributed by atoms with Gasteiger partial charge in [0.1, 0.15) is 11.5 Å². The maximum absolute atomic E-state index is 5.77. The molecule has 0 aliphatic carbocycles. The largest absolute Gasteiger partial charge is 0.497 e. The summed E-state index contributed by atoms with van der Waals surface area (Å²) < 4.78 is 10.6. The van der Waals surface area contributed by atoms with E-state index in [1.807, 2.05) is 0 Å². The first-order valence-corrected chi connectivity index (χ1v) is 5.09. The van der Waals surface area contributed by atoms with Crippen molar-refractivity contribution in [3.63, 3.8) is 0 Å². The molecule has 0 N–H and O–H groups in total. The van der Waals surface area contributed by atoms with Gasteiger partial charge in [0.25, 0.3) is 0 Å². The van der Waals surface area contributed by atoms with E-state index >= 15 is 0 Å². The SMILES string of the molecule is COc1ccnc(Oc2ccc(Cl)cc2)c1. The van der Waals surface area contributed by atoms with E-state index in [0.717, 1.165) is 0 Å². The lowest BCUT2D eigenvalue weighted by Gasteiger charge is -2.05. The topological polar surface area (TPSA) is 31.4 Å². The van der Waals surface area contributed by atoms with Gasteiger partial charge in [-0.25, -0.2) is 4.98 Å². The molecule has 2 aromatic rings. The van der Waals surface area contributed by atoms with Crippen molar-refractivity contribution in [1.29, 1.82) is 0 Å². The van der Waals surface area contributed by atoms with Gasteiger partial charge >= 0.3 is 0 Å². The fourth-order valence-electron chi connectivity index (χ4n) is 1.20. The molecule has 16 heavy (non-hydrogen) atoms. The maximum atomic E-state index is 5.77. The summed E-state index contributed by atoms with van der Waals surface area (Å²) in [5.74, 6) is 1.88. The van der Waals surface area contributed by atoms with Gasteiger partial charge in [-0.3, -0.25) is 0 Å². The molecule has 4 heteroatoms. The van der Waals surface area contributed by atoms with Gasteiger partial charge in [0.15, 0.2) is 0 Å². The predicted molar refractivity (Wildman–Crippen MR) is 62.3 cm³/mol. The Kier molecular flexibility index (Phi) is 3.27. The third-order valence-electron chi connectivity index (χ3n) is 1.98. The number of methoxy groups -OCH3 is 1. The summed E-state index contributed by atoms with van der Waals surface area (Å²) in [6.07, 6.45) is 1.63. The van der Waals surface area contributed by atoms with Crippen molar-refractivity contribution in [1.82, 2.24) is 4.98 Å². The highest BCUT2D eigenvalue weighted by molar-refractivity contribution is 6.30. The fourth-order valence-corrected chi connectivity index (χ4v) is 1.32. The van der Waals surface area contributed by atoms with Crippen molar-refractivity contribution >= 4 is 11.6 Å². The van der Waals surface area contributed by atoms with Crippen LogP contribution in [-0.2, 0) is 0 Å². The third-order valence-corrected chi connectivity index (χ3v) is 2.23.